The highest BCUT2D eigenvalue weighted by atomic mass is 32.1. The van der Waals surface area contributed by atoms with Gasteiger partial charge in [-0.15, -0.1) is 11.3 Å². The summed E-state index contributed by atoms with van der Waals surface area (Å²) in [6, 6.07) is 7.41. The predicted octanol–water partition coefficient (Wildman–Crippen LogP) is 2.08. The van der Waals surface area contributed by atoms with Crippen LogP contribution in [0.4, 0.5) is 5.00 Å². The van der Waals surface area contributed by atoms with E-state index in [2.05, 4.69) is 5.32 Å². The molecule has 0 fully saturated rings. The van der Waals surface area contributed by atoms with Crippen LogP contribution in [0.25, 0.3) is 0 Å². The molecule has 1 aliphatic rings. The number of thiophene rings is 1. The van der Waals surface area contributed by atoms with Crippen molar-refractivity contribution in [2.24, 2.45) is 5.73 Å². The van der Waals surface area contributed by atoms with E-state index >= 15 is 0 Å². The number of fused-ring (bicyclic) bond motifs is 1. The van der Waals surface area contributed by atoms with Gasteiger partial charge in [0.05, 0.1) is 12.1 Å². The molecule has 1 aromatic carbocycles. The topological polar surface area (TPSA) is 102 Å². The van der Waals surface area contributed by atoms with E-state index in [0.29, 0.717) is 35.8 Å². The highest BCUT2D eigenvalue weighted by molar-refractivity contribution is 7.17. The summed E-state index contributed by atoms with van der Waals surface area (Å²) in [7, 11) is 0. The third kappa shape index (κ3) is 4.11. The highest BCUT2D eigenvalue weighted by Crippen LogP contribution is 2.37. The van der Waals surface area contributed by atoms with Gasteiger partial charge < -0.3 is 20.7 Å². The van der Waals surface area contributed by atoms with Crippen molar-refractivity contribution < 1.29 is 19.1 Å². The second-order valence-corrected chi connectivity index (χ2v) is 7.47. The minimum Gasteiger partial charge on any atom is -0.483 e. The Hall–Kier alpha value is -2.87. The smallest absolute Gasteiger partial charge is 0.262 e. The summed E-state index contributed by atoms with van der Waals surface area (Å²) in [6.07, 6.45) is 0.541. The number of amides is 3. The number of carbonyl (C=O) groups is 3. The number of nitrogens with two attached hydrogens (primary N) is 1. The molecular formula is C19H21N3O4S. The van der Waals surface area contributed by atoms with Crippen molar-refractivity contribution in [3.05, 3.63) is 45.8 Å². The van der Waals surface area contributed by atoms with Crippen LogP contribution in [-0.2, 0) is 22.6 Å². The lowest BCUT2D eigenvalue weighted by Crippen LogP contribution is -2.34. The lowest BCUT2D eigenvalue weighted by atomic mass is 10.0. The van der Waals surface area contributed by atoms with Crippen molar-refractivity contribution >= 4 is 34.1 Å². The van der Waals surface area contributed by atoms with Crippen LogP contribution in [-0.4, -0.2) is 35.8 Å². The highest BCUT2D eigenvalue weighted by Gasteiger charge is 2.28. The minimum atomic E-state index is -0.584. The van der Waals surface area contributed by atoms with Crippen LogP contribution in [0.1, 0.15) is 33.3 Å². The van der Waals surface area contributed by atoms with Crippen LogP contribution in [0, 0.1) is 6.92 Å². The Balaban J connectivity index is 1.74. The van der Waals surface area contributed by atoms with Gasteiger partial charge in [0, 0.05) is 18.3 Å². The Bertz CT molecular complexity index is 906. The lowest BCUT2D eigenvalue weighted by Gasteiger charge is -2.25. The number of benzene rings is 1. The Labute approximate surface area is 161 Å². The number of nitrogens with one attached hydrogen (secondary N) is 1. The molecule has 0 unspecified atom stereocenters. The van der Waals surface area contributed by atoms with Gasteiger partial charge in [0.15, 0.2) is 6.61 Å². The quantitative estimate of drug-likeness (QED) is 0.820. The molecule has 0 saturated heterocycles. The molecule has 1 aliphatic heterocycles. The van der Waals surface area contributed by atoms with Gasteiger partial charge in [-0.3, -0.25) is 14.4 Å². The Morgan fingerprint density at radius 1 is 1.30 bits per heavy atom. The summed E-state index contributed by atoms with van der Waals surface area (Å²) < 4.78 is 5.55. The molecule has 27 heavy (non-hydrogen) atoms. The predicted molar refractivity (Wildman–Crippen MR) is 103 cm³/mol. The standard InChI is InChI=1S/C19H21N3O4S/c1-11-5-3-4-6-14(11)26-10-16(24)21-19-17(18(20)25)13-7-8-22(12(2)23)9-15(13)27-19/h3-6H,7-10H2,1-2H3,(H2,20,25)(H,21,24). The second kappa shape index (κ2) is 7.79. The van der Waals surface area contributed by atoms with Gasteiger partial charge >= 0.3 is 0 Å². The molecule has 0 atom stereocenters. The maximum absolute atomic E-state index is 12.3. The SMILES string of the molecule is CC(=O)N1CCc2c(sc(NC(=O)COc3ccccc3C)c2C(N)=O)C1. The molecule has 142 valence electrons. The zero-order valence-corrected chi connectivity index (χ0v) is 16.0. The van der Waals surface area contributed by atoms with Gasteiger partial charge in [0.25, 0.3) is 11.8 Å². The molecule has 1 aromatic heterocycles. The van der Waals surface area contributed by atoms with E-state index < -0.39 is 5.91 Å². The van der Waals surface area contributed by atoms with Crippen LogP contribution in [0.5, 0.6) is 5.75 Å². The fourth-order valence-corrected chi connectivity index (χ4v) is 4.33. The van der Waals surface area contributed by atoms with Crippen LogP contribution in [0.2, 0.25) is 0 Å². The first-order valence-electron chi connectivity index (χ1n) is 8.55. The number of carbonyl (C=O) groups excluding carboxylic acids is 3. The Morgan fingerprint density at radius 2 is 2.04 bits per heavy atom. The zero-order chi connectivity index (χ0) is 19.6. The number of ether oxygens (including phenoxy) is 1. The van der Waals surface area contributed by atoms with Gasteiger partial charge in [-0.2, -0.15) is 0 Å². The second-order valence-electron chi connectivity index (χ2n) is 6.37. The molecular weight excluding hydrogens is 366 g/mol. The van der Waals surface area contributed by atoms with Gasteiger partial charge in [-0.05, 0) is 30.5 Å². The summed E-state index contributed by atoms with van der Waals surface area (Å²) in [5, 5.41) is 3.15. The maximum Gasteiger partial charge on any atom is 0.262 e. The molecule has 0 spiro atoms. The summed E-state index contributed by atoms with van der Waals surface area (Å²) in [4.78, 5) is 38.4. The molecule has 0 aliphatic carbocycles. The monoisotopic (exact) mass is 387 g/mol. The molecule has 3 rings (SSSR count). The number of anilines is 1. The van der Waals surface area contributed by atoms with Crippen molar-refractivity contribution in [1.29, 1.82) is 0 Å². The fraction of sp³-hybridized carbons (Fsp3) is 0.316. The number of nitrogens with zero attached hydrogens (tertiary/aromatic N) is 1. The van der Waals surface area contributed by atoms with E-state index in [0.717, 1.165) is 16.0 Å². The molecule has 3 N–H and O–H groups in total. The van der Waals surface area contributed by atoms with Crippen molar-refractivity contribution in [3.63, 3.8) is 0 Å². The van der Waals surface area contributed by atoms with Gasteiger partial charge in [-0.1, -0.05) is 18.2 Å². The first-order valence-corrected chi connectivity index (χ1v) is 9.36. The number of hydrogen-bond donors (Lipinski definition) is 2. The molecule has 0 saturated carbocycles. The van der Waals surface area contributed by atoms with E-state index in [-0.39, 0.29) is 18.4 Å². The van der Waals surface area contributed by atoms with E-state index in [1.807, 2.05) is 25.1 Å². The zero-order valence-electron chi connectivity index (χ0n) is 15.2. The lowest BCUT2D eigenvalue weighted by molar-refractivity contribution is -0.129. The van der Waals surface area contributed by atoms with Crippen molar-refractivity contribution in [3.8, 4) is 5.75 Å². The molecule has 3 amide bonds. The molecule has 0 bridgehead atoms. The molecule has 2 heterocycles. The average molecular weight is 387 g/mol. The number of para-hydroxylation sites is 1. The number of rotatable bonds is 5. The van der Waals surface area contributed by atoms with Gasteiger partial charge in [-0.25, -0.2) is 0 Å². The largest absolute Gasteiger partial charge is 0.483 e. The summed E-state index contributed by atoms with van der Waals surface area (Å²) in [5.74, 6) is -0.348. The van der Waals surface area contributed by atoms with Crippen molar-refractivity contribution in [2.75, 3.05) is 18.5 Å². The van der Waals surface area contributed by atoms with Crippen LogP contribution >= 0.6 is 11.3 Å². The van der Waals surface area contributed by atoms with Crippen LogP contribution < -0.4 is 15.8 Å². The van der Waals surface area contributed by atoms with E-state index in [1.54, 1.807) is 11.0 Å². The molecule has 8 heteroatoms. The summed E-state index contributed by atoms with van der Waals surface area (Å²) in [6.45, 7) is 4.19. The Morgan fingerprint density at radius 3 is 2.70 bits per heavy atom. The number of aryl methyl sites for hydroxylation is 1. The van der Waals surface area contributed by atoms with Crippen LogP contribution in [0.3, 0.4) is 0 Å². The van der Waals surface area contributed by atoms with Crippen LogP contribution in [0.15, 0.2) is 24.3 Å². The Kier molecular flexibility index (Phi) is 5.46. The van der Waals surface area contributed by atoms with Crippen molar-refractivity contribution in [1.82, 2.24) is 4.90 Å². The number of hydrogen-bond acceptors (Lipinski definition) is 5. The molecule has 7 nitrogen and oxygen atoms in total. The summed E-state index contributed by atoms with van der Waals surface area (Å²) >= 11 is 1.28. The fourth-order valence-electron chi connectivity index (χ4n) is 3.05. The van der Waals surface area contributed by atoms with Crippen molar-refractivity contribution in [2.45, 2.75) is 26.8 Å². The minimum absolute atomic E-state index is 0.0214. The maximum atomic E-state index is 12.3. The van der Waals surface area contributed by atoms with Gasteiger partial charge in [0.2, 0.25) is 5.91 Å². The van der Waals surface area contributed by atoms with Gasteiger partial charge in [0.1, 0.15) is 10.8 Å². The first-order chi connectivity index (χ1) is 12.9. The third-order valence-electron chi connectivity index (χ3n) is 4.45. The molecule has 0 radical (unpaired) electrons. The normalized spacial score (nSPS) is 13.0. The third-order valence-corrected chi connectivity index (χ3v) is 5.59. The molecule has 2 aromatic rings. The van der Waals surface area contributed by atoms with E-state index in [1.165, 1.54) is 18.3 Å². The number of primary amides is 1. The summed E-state index contributed by atoms with van der Waals surface area (Å²) in [5.41, 5.74) is 7.63. The van der Waals surface area contributed by atoms with E-state index in [4.69, 9.17) is 10.5 Å². The van der Waals surface area contributed by atoms with E-state index in [9.17, 15) is 14.4 Å². The first kappa shape index (κ1) is 18.9. The average Bonchev–Trinajstić information content (AvgIpc) is 2.97.